The van der Waals surface area contributed by atoms with E-state index in [-0.39, 0.29) is 30.9 Å². The Kier molecular flexibility index (Phi) is 14.0. The van der Waals surface area contributed by atoms with Crippen LogP contribution in [0.1, 0.15) is 74.7 Å². The van der Waals surface area contributed by atoms with Gasteiger partial charge in [-0.15, -0.1) is 0 Å². The van der Waals surface area contributed by atoms with Crippen molar-refractivity contribution in [3.63, 3.8) is 0 Å². The highest BCUT2D eigenvalue weighted by Crippen LogP contribution is 2.37. The van der Waals surface area contributed by atoms with E-state index in [0.29, 0.717) is 13.0 Å². The van der Waals surface area contributed by atoms with E-state index in [4.69, 9.17) is 18.9 Å². The van der Waals surface area contributed by atoms with Gasteiger partial charge in [0.25, 0.3) is 0 Å². The second kappa shape index (κ2) is 16.0. The number of carbonyl (C=O) groups is 2. The number of hydrogen-bond donors (Lipinski definition) is 4. The predicted octanol–water partition coefficient (Wildman–Crippen LogP) is 1.71. The van der Waals surface area contributed by atoms with Crippen molar-refractivity contribution in [3.05, 3.63) is 12.7 Å². The Hall–Kier alpha value is -1.64. The lowest BCUT2D eigenvalue weighted by atomic mass is 9.77. The average molecular weight is 645 g/mol. The van der Waals surface area contributed by atoms with Gasteiger partial charge in [-0.05, 0) is 80.9 Å². The number of likely N-dealkylation sites (N-methyl/N-ethyl adjacent to an activating group) is 2. The van der Waals surface area contributed by atoms with E-state index in [1.807, 2.05) is 44.8 Å². The maximum absolute atomic E-state index is 13.7. The Bertz CT molecular complexity index is 991. The molecule has 0 unspecified atom stereocenters. The van der Waals surface area contributed by atoms with E-state index in [0.717, 1.165) is 6.08 Å². The van der Waals surface area contributed by atoms with Crippen LogP contribution in [-0.4, -0.2) is 136 Å². The van der Waals surface area contributed by atoms with E-state index >= 15 is 0 Å². The van der Waals surface area contributed by atoms with Crippen LogP contribution in [-0.2, 0) is 28.5 Å². The van der Waals surface area contributed by atoms with Crippen LogP contribution in [0.2, 0.25) is 0 Å². The van der Waals surface area contributed by atoms with Crippen molar-refractivity contribution in [1.82, 2.24) is 9.80 Å². The van der Waals surface area contributed by atoms with Crippen molar-refractivity contribution in [2.75, 3.05) is 27.7 Å². The van der Waals surface area contributed by atoms with Crippen molar-refractivity contribution in [2.24, 2.45) is 17.8 Å². The summed E-state index contributed by atoms with van der Waals surface area (Å²) in [6.45, 7) is 17.6. The van der Waals surface area contributed by atoms with E-state index in [9.17, 15) is 30.0 Å². The van der Waals surface area contributed by atoms with Crippen molar-refractivity contribution in [3.8, 4) is 0 Å². The molecule has 2 rings (SSSR count). The number of aliphatic hydroxyl groups excluding tert-OH is 2. The summed E-state index contributed by atoms with van der Waals surface area (Å²) in [4.78, 5) is 30.1. The number of carbonyl (C=O) groups excluding carboxylic acids is 2. The minimum atomic E-state index is -1.80. The summed E-state index contributed by atoms with van der Waals surface area (Å²) in [5.41, 5.74) is -3.37. The average Bonchev–Trinajstić information content (AvgIpc) is 2.95. The zero-order valence-electron chi connectivity index (χ0n) is 29.2. The van der Waals surface area contributed by atoms with Gasteiger partial charge in [-0.1, -0.05) is 27.4 Å². The van der Waals surface area contributed by atoms with E-state index in [1.54, 1.807) is 27.7 Å². The number of cyclic esters (lactones) is 1. The van der Waals surface area contributed by atoms with Crippen LogP contribution < -0.4 is 0 Å². The number of rotatable bonds is 6. The molecule has 45 heavy (non-hydrogen) atoms. The summed E-state index contributed by atoms with van der Waals surface area (Å²) in [7, 11) is 5.54. The zero-order chi connectivity index (χ0) is 34.6. The minimum Gasteiger partial charge on any atom is -0.459 e. The fraction of sp³-hybridized carbons (Fsp3) is 0.879. The van der Waals surface area contributed by atoms with Gasteiger partial charge in [0.1, 0.15) is 30.0 Å². The van der Waals surface area contributed by atoms with Crippen molar-refractivity contribution < 1.29 is 49.0 Å². The predicted molar refractivity (Wildman–Crippen MR) is 169 cm³/mol. The summed E-state index contributed by atoms with van der Waals surface area (Å²) in [6, 6.07) is -0.811. The molecule has 0 bridgehead atoms. The van der Waals surface area contributed by atoms with Crippen LogP contribution in [0.5, 0.6) is 0 Å². The molecule has 12 nitrogen and oxygen atoms in total. The molecule has 0 aromatic heterocycles. The van der Waals surface area contributed by atoms with Crippen LogP contribution in [0.15, 0.2) is 12.7 Å². The monoisotopic (exact) mass is 644 g/mol. The fourth-order valence-corrected chi connectivity index (χ4v) is 7.12. The molecule has 4 N–H and O–H groups in total. The number of aliphatic hydroxyl groups is 4. The highest BCUT2D eigenvalue weighted by molar-refractivity contribution is 5.82. The third-order valence-corrected chi connectivity index (χ3v) is 9.84. The van der Waals surface area contributed by atoms with Crippen LogP contribution in [0.3, 0.4) is 0 Å². The summed E-state index contributed by atoms with van der Waals surface area (Å²) < 4.78 is 24.2. The number of nitrogens with zero attached hydrogens (tertiary/aromatic N) is 2. The van der Waals surface area contributed by atoms with Crippen LogP contribution in [0, 0.1) is 17.8 Å². The van der Waals surface area contributed by atoms with Crippen LogP contribution in [0.4, 0.5) is 0 Å². The Labute approximate surface area is 269 Å². The molecule has 2 heterocycles. The minimum absolute atomic E-state index is 0.148. The van der Waals surface area contributed by atoms with Crippen LogP contribution in [0.25, 0.3) is 0 Å². The molecule has 0 radical (unpaired) electrons. The molecule has 14 atom stereocenters. The molecule has 262 valence electrons. The molecule has 2 saturated heterocycles. The summed E-state index contributed by atoms with van der Waals surface area (Å²) in [6.07, 6.45) is -5.06. The molecule has 12 heteroatoms. The van der Waals surface area contributed by atoms with Gasteiger partial charge in [0.15, 0.2) is 6.29 Å². The van der Waals surface area contributed by atoms with Crippen LogP contribution >= 0.6 is 0 Å². The maximum atomic E-state index is 13.7. The molecule has 0 amide bonds. The Morgan fingerprint density at radius 1 is 1.16 bits per heavy atom. The summed E-state index contributed by atoms with van der Waals surface area (Å²) in [5.74, 6) is -3.60. The largest absolute Gasteiger partial charge is 0.459 e. The second-order valence-corrected chi connectivity index (χ2v) is 14.2. The first-order valence-corrected chi connectivity index (χ1v) is 16.2. The molecular weight excluding hydrogens is 584 g/mol. The van der Waals surface area contributed by atoms with Gasteiger partial charge in [-0.25, -0.2) is 4.79 Å². The van der Waals surface area contributed by atoms with Gasteiger partial charge < -0.3 is 49.2 Å². The van der Waals surface area contributed by atoms with E-state index in [2.05, 4.69) is 6.58 Å². The molecule has 0 aromatic rings. The summed E-state index contributed by atoms with van der Waals surface area (Å²) in [5, 5.41) is 46.2. The van der Waals surface area contributed by atoms with E-state index in [1.165, 1.54) is 13.8 Å². The zero-order valence-corrected chi connectivity index (χ0v) is 29.2. The Morgan fingerprint density at radius 2 is 1.76 bits per heavy atom. The van der Waals surface area contributed by atoms with Gasteiger partial charge in [-0.2, -0.15) is 0 Å². The van der Waals surface area contributed by atoms with Crippen molar-refractivity contribution in [1.29, 1.82) is 0 Å². The molecule has 2 fully saturated rings. The van der Waals surface area contributed by atoms with Gasteiger partial charge in [0.05, 0.1) is 23.7 Å². The third kappa shape index (κ3) is 9.47. The summed E-state index contributed by atoms with van der Waals surface area (Å²) >= 11 is 0. The second-order valence-electron chi connectivity index (χ2n) is 14.2. The first kappa shape index (κ1) is 39.5. The smallest absolute Gasteiger partial charge is 0.330 e. The Balaban J connectivity index is 2.68. The normalized spacial score (nSPS) is 44.8. The first-order chi connectivity index (χ1) is 20.7. The highest BCUT2D eigenvalue weighted by Gasteiger charge is 2.51. The lowest BCUT2D eigenvalue weighted by Crippen LogP contribution is -2.59. The quantitative estimate of drug-likeness (QED) is 0.245. The molecule has 2 aliphatic rings. The lowest BCUT2D eigenvalue weighted by Gasteiger charge is -2.47. The lowest BCUT2D eigenvalue weighted by molar-refractivity contribution is -0.299. The fourth-order valence-electron chi connectivity index (χ4n) is 7.12. The van der Waals surface area contributed by atoms with Crippen molar-refractivity contribution >= 4 is 11.9 Å². The Morgan fingerprint density at radius 3 is 2.29 bits per heavy atom. The van der Waals surface area contributed by atoms with Gasteiger partial charge >= 0.3 is 11.9 Å². The van der Waals surface area contributed by atoms with Gasteiger partial charge in [-0.3, -0.25) is 4.79 Å². The van der Waals surface area contributed by atoms with E-state index < -0.39 is 77.8 Å². The SMILES string of the molecule is C=CC(=O)O[C@H]1[C@H](C)[C@@H](O[C@@H]2O[C@H](C)C[C@H](N(C)C)[C@@H]2O)[C@](C)(O)C[C@@H](C)CN(C)[C@H](C)[C@@H](O)[C@](C)(O)[C@@H](CC)OC(=O)[C@@H]1C. The van der Waals surface area contributed by atoms with Crippen molar-refractivity contribution in [2.45, 2.75) is 141 Å². The van der Waals surface area contributed by atoms with Gasteiger partial charge in [0, 0.05) is 30.6 Å². The topological polar surface area (TPSA) is 158 Å². The molecule has 0 saturated carbocycles. The molecule has 2 aliphatic heterocycles. The maximum Gasteiger partial charge on any atom is 0.330 e. The number of hydrogen-bond acceptors (Lipinski definition) is 12. The molecule has 0 aliphatic carbocycles. The number of ether oxygens (including phenoxy) is 4. The highest BCUT2D eigenvalue weighted by atomic mass is 16.7. The third-order valence-electron chi connectivity index (χ3n) is 9.84. The molecule has 0 spiro atoms. The number of esters is 2. The first-order valence-electron chi connectivity index (χ1n) is 16.2. The molecular formula is C33H60N2O10. The standard InChI is InChI=1S/C33H60N2O10/c1-13-24-33(9,41)28(38)22(7)35(12)17-18(3)16-32(8,40)29(45-31-26(37)23(34(10)11)15-19(4)42-31)20(5)27(44-25(36)14-2)21(6)30(39)43-24/h14,18-24,26-29,31,37-38,40-41H,2,13,15-17H2,1,3-12H3/t18-,19-,20+,21-,22-,23+,24-,26+,27+,28-,29-,31+,32-,33-/m1/s1. The molecule has 0 aromatic carbocycles. The van der Waals surface area contributed by atoms with Gasteiger partial charge in [0.2, 0.25) is 0 Å².